The van der Waals surface area contributed by atoms with Crippen molar-refractivity contribution in [2.24, 2.45) is 5.73 Å². The molecular weight excluding hydrogens is 238 g/mol. The molecule has 1 aromatic carbocycles. The first-order chi connectivity index (χ1) is 9.35. The Morgan fingerprint density at radius 1 is 1.11 bits per heavy atom. The van der Waals surface area contributed by atoms with Crippen LogP contribution in [0.5, 0.6) is 0 Å². The number of unbranched alkanes of at least 4 members (excludes halogenated alkanes) is 1. The summed E-state index contributed by atoms with van der Waals surface area (Å²) in [5.41, 5.74) is 7.90. The van der Waals surface area contributed by atoms with Crippen molar-refractivity contribution >= 4 is 0 Å². The summed E-state index contributed by atoms with van der Waals surface area (Å²) in [6.07, 6.45) is 5.28. The predicted octanol–water partition coefficient (Wildman–Crippen LogP) is 1.90. The molecule has 0 saturated heterocycles. The summed E-state index contributed by atoms with van der Waals surface area (Å²) in [6.45, 7) is 2.86. The molecule has 0 aliphatic heterocycles. The number of hydrogen-bond donors (Lipinski definition) is 1. The number of rotatable bonds is 7. The zero-order valence-corrected chi connectivity index (χ0v) is 11.4. The molecule has 0 radical (unpaired) electrons. The third-order valence-electron chi connectivity index (χ3n) is 3.14. The van der Waals surface area contributed by atoms with E-state index in [1.54, 1.807) is 4.68 Å². The third-order valence-corrected chi connectivity index (χ3v) is 3.14. The van der Waals surface area contributed by atoms with Crippen molar-refractivity contribution in [3.8, 4) is 5.69 Å². The summed E-state index contributed by atoms with van der Waals surface area (Å²) in [6, 6.07) is 8.46. The second kappa shape index (κ2) is 6.99. The Balaban J connectivity index is 2.11. The summed E-state index contributed by atoms with van der Waals surface area (Å²) >= 11 is 0. The van der Waals surface area contributed by atoms with Crippen LogP contribution in [0.25, 0.3) is 5.69 Å². The van der Waals surface area contributed by atoms with Crippen molar-refractivity contribution in [2.75, 3.05) is 6.54 Å². The SMILES string of the molecule is CCCCc1ccc(-n2nnnc2CCCN)cc1. The lowest BCUT2D eigenvalue weighted by molar-refractivity contribution is 0.725. The zero-order chi connectivity index (χ0) is 13.5. The van der Waals surface area contributed by atoms with Crippen LogP contribution in [0.2, 0.25) is 0 Å². The molecule has 0 fully saturated rings. The summed E-state index contributed by atoms with van der Waals surface area (Å²) in [5.74, 6) is 0.867. The maximum absolute atomic E-state index is 5.52. The van der Waals surface area contributed by atoms with E-state index in [4.69, 9.17) is 5.73 Å². The standard InChI is InChI=1S/C14H21N5/c1-2-3-5-12-7-9-13(10-8-12)19-14(6-4-11-15)16-17-18-19/h7-10H,2-6,11,15H2,1H3. The van der Waals surface area contributed by atoms with Crippen molar-refractivity contribution in [2.45, 2.75) is 39.0 Å². The van der Waals surface area contributed by atoms with Crippen LogP contribution < -0.4 is 5.73 Å². The molecular formula is C14H21N5. The van der Waals surface area contributed by atoms with E-state index < -0.39 is 0 Å². The highest BCUT2D eigenvalue weighted by molar-refractivity contribution is 5.34. The van der Waals surface area contributed by atoms with Gasteiger partial charge in [-0.25, -0.2) is 0 Å². The van der Waals surface area contributed by atoms with Gasteiger partial charge in [-0.3, -0.25) is 0 Å². The van der Waals surface area contributed by atoms with Crippen LogP contribution in [0.15, 0.2) is 24.3 Å². The predicted molar refractivity (Wildman–Crippen MR) is 75.1 cm³/mol. The lowest BCUT2D eigenvalue weighted by atomic mass is 10.1. The van der Waals surface area contributed by atoms with Crippen molar-refractivity contribution in [1.29, 1.82) is 0 Å². The first-order valence-electron chi connectivity index (χ1n) is 6.91. The highest BCUT2D eigenvalue weighted by Crippen LogP contribution is 2.12. The molecule has 0 saturated carbocycles. The fraction of sp³-hybridized carbons (Fsp3) is 0.500. The molecule has 1 aromatic heterocycles. The summed E-state index contributed by atoms with van der Waals surface area (Å²) in [4.78, 5) is 0. The number of hydrogen-bond acceptors (Lipinski definition) is 4. The molecule has 1 heterocycles. The quantitative estimate of drug-likeness (QED) is 0.824. The molecule has 19 heavy (non-hydrogen) atoms. The van der Waals surface area contributed by atoms with Gasteiger partial charge in [0.05, 0.1) is 5.69 Å². The molecule has 102 valence electrons. The van der Waals surface area contributed by atoms with Gasteiger partial charge in [0.15, 0.2) is 5.82 Å². The number of aryl methyl sites for hydroxylation is 2. The number of nitrogens with two attached hydrogens (primary N) is 1. The largest absolute Gasteiger partial charge is 0.330 e. The second-order valence-electron chi connectivity index (χ2n) is 4.67. The topological polar surface area (TPSA) is 69.6 Å². The number of aromatic nitrogens is 4. The molecule has 2 rings (SSSR count). The van der Waals surface area contributed by atoms with Gasteiger partial charge in [0.2, 0.25) is 0 Å². The summed E-state index contributed by atoms with van der Waals surface area (Å²) in [7, 11) is 0. The lowest BCUT2D eigenvalue weighted by Gasteiger charge is -2.05. The van der Waals surface area contributed by atoms with E-state index in [1.165, 1.54) is 18.4 Å². The van der Waals surface area contributed by atoms with E-state index in [-0.39, 0.29) is 0 Å². The van der Waals surface area contributed by atoms with Gasteiger partial charge in [0, 0.05) is 6.42 Å². The molecule has 0 aliphatic carbocycles. The third kappa shape index (κ3) is 3.61. The maximum atomic E-state index is 5.52. The molecule has 5 heteroatoms. The van der Waals surface area contributed by atoms with Crippen LogP contribution >= 0.6 is 0 Å². The fourth-order valence-electron chi connectivity index (χ4n) is 2.01. The Morgan fingerprint density at radius 2 is 1.89 bits per heavy atom. The van der Waals surface area contributed by atoms with Crippen molar-refractivity contribution in [1.82, 2.24) is 20.2 Å². The van der Waals surface area contributed by atoms with Gasteiger partial charge in [-0.05, 0) is 53.9 Å². The van der Waals surface area contributed by atoms with E-state index in [0.29, 0.717) is 6.54 Å². The molecule has 0 unspecified atom stereocenters. The molecule has 0 spiro atoms. The van der Waals surface area contributed by atoms with E-state index in [9.17, 15) is 0 Å². The number of tetrazole rings is 1. The van der Waals surface area contributed by atoms with Crippen molar-refractivity contribution < 1.29 is 0 Å². The van der Waals surface area contributed by atoms with Crippen LogP contribution in [0, 0.1) is 0 Å². The number of nitrogens with zero attached hydrogens (tertiary/aromatic N) is 4. The molecule has 0 amide bonds. The van der Waals surface area contributed by atoms with E-state index >= 15 is 0 Å². The monoisotopic (exact) mass is 259 g/mol. The molecule has 2 N–H and O–H groups in total. The molecule has 0 aliphatic rings. The first-order valence-corrected chi connectivity index (χ1v) is 6.91. The Morgan fingerprint density at radius 3 is 2.58 bits per heavy atom. The van der Waals surface area contributed by atoms with E-state index in [2.05, 4.69) is 46.7 Å². The molecule has 0 atom stereocenters. The minimum atomic E-state index is 0.656. The summed E-state index contributed by atoms with van der Waals surface area (Å²) < 4.78 is 1.79. The average Bonchev–Trinajstić information content (AvgIpc) is 2.92. The van der Waals surface area contributed by atoms with Crippen LogP contribution in [0.4, 0.5) is 0 Å². The Bertz CT molecular complexity index is 489. The lowest BCUT2D eigenvalue weighted by Crippen LogP contribution is -2.07. The highest BCUT2D eigenvalue weighted by atomic mass is 15.5. The van der Waals surface area contributed by atoms with Gasteiger partial charge in [0.1, 0.15) is 0 Å². The Labute approximate surface area is 113 Å². The van der Waals surface area contributed by atoms with Crippen LogP contribution in [0.3, 0.4) is 0 Å². The van der Waals surface area contributed by atoms with Gasteiger partial charge in [-0.1, -0.05) is 25.5 Å². The normalized spacial score (nSPS) is 10.8. The molecule has 2 aromatic rings. The van der Waals surface area contributed by atoms with Gasteiger partial charge in [0.25, 0.3) is 0 Å². The summed E-state index contributed by atoms with van der Waals surface area (Å²) in [5, 5.41) is 11.8. The van der Waals surface area contributed by atoms with Gasteiger partial charge < -0.3 is 5.73 Å². The smallest absolute Gasteiger partial charge is 0.156 e. The van der Waals surface area contributed by atoms with Gasteiger partial charge in [-0.15, -0.1) is 5.10 Å². The van der Waals surface area contributed by atoms with Crippen LogP contribution in [-0.2, 0) is 12.8 Å². The minimum absolute atomic E-state index is 0.656. The maximum Gasteiger partial charge on any atom is 0.156 e. The van der Waals surface area contributed by atoms with Crippen LogP contribution in [0.1, 0.15) is 37.6 Å². The Hall–Kier alpha value is -1.75. The second-order valence-corrected chi connectivity index (χ2v) is 4.67. The highest BCUT2D eigenvalue weighted by Gasteiger charge is 2.07. The van der Waals surface area contributed by atoms with Crippen molar-refractivity contribution in [3.05, 3.63) is 35.7 Å². The number of benzene rings is 1. The Kier molecular flexibility index (Phi) is 5.03. The molecule has 0 bridgehead atoms. The minimum Gasteiger partial charge on any atom is -0.330 e. The van der Waals surface area contributed by atoms with Gasteiger partial charge >= 0.3 is 0 Å². The van der Waals surface area contributed by atoms with Crippen LogP contribution in [-0.4, -0.2) is 26.8 Å². The van der Waals surface area contributed by atoms with Crippen molar-refractivity contribution in [3.63, 3.8) is 0 Å². The van der Waals surface area contributed by atoms with Gasteiger partial charge in [-0.2, -0.15) is 4.68 Å². The zero-order valence-electron chi connectivity index (χ0n) is 11.4. The van der Waals surface area contributed by atoms with E-state index in [1.807, 2.05) is 0 Å². The van der Waals surface area contributed by atoms with E-state index in [0.717, 1.165) is 30.8 Å². The average molecular weight is 259 g/mol. The fourth-order valence-corrected chi connectivity index (χ4v) is 2.01. The first kappa shape index (κ1) is 13.7. The molecule has 5 nitrogen and oxygen atoms in total.